The third-order valence-corrected chi connectivity index (χ3v) is 3.47. The maximum atomic E-state index is 12.1. The summed E-state index contributed by atoms with van der Waals surface area (Å²) in [5, 5.41) is 12.1. The van der Waals surface area contributed by atoms with Crippen molar-refractivity contribution in [3.8, 4) is 0 Å². The fourth-order valence-electron chi connectivity index (χ4n) is 1.50. The van der Waals surface area contributed by atoms with Crippen LogP contribution in [0.25, 0.3) is 0 Å². The number of hydrogen-bond acceptors (Lipinski definition) is 3. The number of nitrogens with one attached hydrogen (secondary N) is 1. The Hall–Kier alpha value is -1.00. The first kappa shape index (κ1) is 14.1. The first-order chi connectivity index (χ1) is 8.10. The van der Waals surface area contributed by atoms with Gasteiger partial charge in [0, 0.05) is 4.90 Å². The van der Waals surface area contributed by atoms with Crippen LogP contribution < -0.4 is 5.32 Å². The lowest BCUT2D eigenvalue weighted by Crippen LogP contribution is -2.41. The third-order valence-electron chi connectivity index (χ3n) is 2.67. The highest BCUT2D eigenvalue weighted by molar-refractivity contribution is 7.98. The van der Waals surface area contributed by atoms with Crippen molar-refractivity contribution >= 4 is 17.7 Å². The van der Waals surface area contributed by atoms with Crippen LogP contribution in [0.15, 0.2) is 29.2 Å². The molecule has 0 radical (unpaired) electrons. The molecular weight excluding hydrogens is 234 g/mol. The smallest absolute Gasteiger partial charge is 0.252 e. The first-order valence-electron chi connectivity index (χ1n) is 5.65. The number of thioether (sulfide) groups is 1. The number of carbonyl (C=O) groups excluding carboxylic acids is 1. The molecule has 0 aliphatic carbocycles. The summed E-state index contributed by atoms with van der Waals surface area (Å²) in [5.41, 5.74) is 0.666. The van der Waals surface area contributed by atoms with Crippen molar-refractivity contribution in [1.82, 2.24) is 5.32 Å². The van der Waals surface area contributed by atoms with Crippen LogP contribution in [0, 0.1) is 5.92 Å². The van der Waals surface area contributed by atoms with Gasteiger partial charge in [-0.1, -0.05) is 26.0 Å². The molecule has 3 nitrogen and oxygen atoms in total. The fraction of sp³-hybridized carbons (Fsp3) is 0.462. The van der Waals surface area contributed by atoms with E-state index >= 15 is 0 Å². The van der Waals surface area contributed by atoms with E-state index in [1.54, 1.807) is 17.8 Å². The molecule has 0 saturated heterocycles. The highest BCUT2D eigenvalue weighted by atomic mass is 32.2. The summed E-state index contributed by atoms with van der Waals surface area (Å²) >= 11 is 1.54. The van der Waals surface area contributed by atoms with Crippen LogP contribution in [-0.4, -0.2) is 29.9 Å². The Kier molecular flexibility index (Phi) is 5.51. The summed E-state index contributed by atoms with van der Waals surface area (Å²) in [6.45, 7) is 3.91. The predicted molar refractivity (Wildman–Crippen MR) is 71.4 cm³/mol. The lowest BCUT2D eigenvalue weighted by molar-refractivity contribution is 0.0894. The standard InChI is InChI=1S/C13H19NO2S/c1-9(2)11(8-15)14-13(16)10-6-4-5-7-12(10)17-3/h4-7,9,11,15H,8H2,1-3H3,(H,14,16). The Balaban J connectivity index is 2.82. The molecule has 94 valence electrons. The van der Waals surface area contributed by atoms with Gasteiger partial charge in [-0.05, 0) is 24.3 Å². The van der Waals surface area contributed by atoms with E-state index in [2.05, 4.69) is 5.32 Å². The van der Waals surface area contributed by atoms with Crippen molar-refractivity contribution in [2.75, 3.05) is 12.9 Å². The van der Waals surface area contributed by atoms with E-state index in [9.17, 15) is 9.90 Å². The van der Waals surface area contributed by atoms with Crippen molar-refractivity contribution in [3.05, 3.63) is 29.8 Å². The second kappa shape index (κ2) is 6.67. The minimum absolute atomic E-state index is 0.0369. The summed E-state index contributed by atoms with van der Waals surface area (Å²) in [6, 6.07) is 7.28. The molecule has 1 aromatic rings. The maximum Gasteiger partial charge on any atom is 0.252 e. The van der Waals surface area contributed by atoms with Crippen molar-refractivity contribution in [2.24, 2.45) is 5.92 Å². The molecule has 0 spiro atoms. The Morgan fingerprint density at radius 3 is 2.59 bits per heavy atom. The van der Waals surface area contributed by atoms with Gasteiger partial charge in [0.05, 0.1) is 18.2 Å². The van der Waals surface area contributed by atoms with Gasteiger partial charge in [-0.25, -0.2) is 0 Å². The number of amides is 1. The highest BCUT2D eigenvalue weighted by Crippen LogP contribution is 2.19. The Bertz CT molecular complexity index is 379. The van der Waals surface area contributed by atoms with Gasteiger partial charge in [-0.2, -0.15) is 0 Å². The quantitative estimate of drug-likeness (QED) is 0.791. The zero-order chi connectivity index (χ0) is 12.8. The van der Waals surface area contributed by atoms with Gasteiger partial charge in [0.1, 0.15) is 0 Å². The number of rotatable bonds is 5. The summed E-state index contributed by atoms with van der Waals surface area (Å²) in [7, 11) is 0. The normalized spacial score (nSPS) is 12.5. The number of hydrogen-bond donors (Lipinski definition) is 2. The highest BCUT2D eigenvalue weighted by Gasteiger charge is 2.17. The lowest BCUT2D eigenvalue weighted by atomic mass is 10.0. The van der Waals surface area contributed by atoms with Gasteiger partial charge in [0.25, 0.3) is 5.91 Å². The van der Waals surface area contributed by atoms with Gasteiger partial charge in [-0.15, -0.1) is 11.8 Å². The average Bonchev–Trinajstić information content (AvgIpc) is 2.35. The molecule has 0 aromatic heterocycles. The largest absolute Gasteiger partial charge is 0.394 e. The first-order valence-corrected chi connectivity index (χ1v) is 6.87. The number of aliphatic hydroxyl groups is 1. The minimum Gasteiger partial charge on any atom is -0.394 e. The van der Waals surface area contributed by atoms with Gasteiger partial charge in [0.15, 0.2) is 0 Å². The van der Waals surface area contributed by atoms with E-state index in [0.717, 1.165) is 4.90 Å². The van der Waals surface area contributed by atoms with Gasteiger partial charge in [-0.3, -0.25) is 4.79 Å². The van der Waals surface area contributed by atoms with E-state index < -0.39 is 0 Å². The summed E-state index contributed by atoms with van der Waals surface area (Å²) in [6.07, 6.45) is 1.94. The number of carbonyl (C=O) groups is 1. The number of benzene rings is 1. The van der Waals surface area contributed by atoms with E-state index in [1.807, 2.05) is 38.3 Å². The van der Waals surface area contributed by atoms with Crippen LogP contribution in [0.2, 0.25) is 0 Å². The molecule has 1 unspecified atom stereocenters. The van der Waals surface area contributed by atoms with Gasteiger partial charge in [0.2, 0.25) is 0 Å². The molecule has 1 amide bonds. The van der Waals surface area contributed by atoms with Crippen molar-refractivity contribution in [1.29, 1.82) is 0 Å². The molecule has 0 bridgehead atoms. The molecule has 2 N–H and O–H groups in total. The lowest BCUT2D eigenvalue weighted by Gasteiger charge is -2.20. The molecule has 0 heterocycles. The van der Waals surface area contributed by atoms with E-state index in [-0.39, 0.29) is 24.5 Å². The summed E-state index contributed by atoms with van der Waals surface area (Å²) in [5.74, 6) is 0.0908. The van der Waals surface area contributed by atoms with Crippen LogP contribution in [0.1, 0.15) is 24.2 Å². The van der Waals surface area contributed by atoms with Crippen molar-refractivity contribution in [2.45, 2.75) is 24.8 Å². The molecule has 4 heteroatoms. The SMILES string of the molecule is CSc1ccccc1C(=O)NC(CO)C(C)C. The van der Waals surface area contributed by atoms with Gasteiger partial charge < -0.3 is 10.4 Å². The average molecular weight is 253 g/mol. The fourth-order valence-corrected chi connectivity index (χ4v) is 2.10. The predicted octanol–water partition coefficient (Wildman–Crippen LogP) is 2.16. The van der Waals surface area contributed by atoms with Crippen molar-refractivity contribution < 1.29 is 9.90 Å². The summed E-state index contributed by atoms with van der Waals surface area (Å²) < 4.78 is 0. The molecule has 0 fully saturated rings. The third kappa shape index (κ3) is 3.75. The molecule has 17 heavy (non-hydrogen) atoms. The van der Waals surface area contributed by atoms with Crippen LogP contribution in [0.4, 0.5) is 0 Å². The van der Waals surface area contributed by atoms with Crippen LogP contribution >= 0.6 is 11.8 Å². The Morgan fingerprint density at radius 2 is 2.06 bits per heavy atom. The Labute approximate surface area is 107 Å². The van der Waals surface area contributed by atoms with Crippen LogP contribution in [-0.2, 0) is 0 Å². The molecule has 0 aliphatic heterocycles. The summed E-state index contributed by atoms with van der Waals surface area (Å²) in [4.78, 5) is 13.0. The molecule has 1 atom stereocenters. The van der Waals surface area contributed by atoms with E-state index in [4.69, 9.17) is 0 Å². The number of aliphatic hydroxyl groups excluding tert-OH is 1. The topological polar surface area (TPSA) is 49.3 Å². The Morgan fingerprint density at radius 1 is 1.41 bits per heavy atom. The second-order valence-corrected chi connectivity index (χ2v) is 5.05. The zero-order valence-electron chi connectivity index (χ0n) is 10.4. The van der Waals surface area contributed by atoms with Gasteiger partial charge >= 0.3 is 0 Å². The van der Waals surface area contributed by atoms with Crippen LogP contribution in [0.5, 0.6) is 0 Å². The molecule has 0 aliphatic rings. The zero-order valence-corrected chi connectivity index (χ0v) is 11.3. The second-order valence-electron chi connectivity index (χ2n) is 4.21. The molecule has 1 rings (SSSR count). The van der Waals surface area contributed by atoms with E-state index in [1.165, 1.54) is 0 Å². The monoisotopic (exact) mass is 253 g/mol. The van der Waals surface area contributed by atoms with Crippen molar-refractivity contribution in [3.63, 3.8) is 0 Å². The van der Waals surface area contributed by atoms with E-state index in [0.29, 0.717) is 5.56 Å². The van der Waals surface area contributed by atoms with Crippen LogP contribution in [0.3, 0.4) is 0 Å². The maximum absolute atomic E-state index is 12.1. The molecule has 1 aromatic carbocycles. The molecular formula is C13H19NO2S. The molecule has 0 saturated carbocycles. The minimum atomic E-state index is -0.197.